The number of hydrogen-bond donors (Lipinski definition) is 0. The van der Waals surface area contributed by atoms with Gasteiger partial charge in [0, 0.05) is 11.1 Å². The normalized spacial score (nSPS) is 12.0. The van der Waals surface area contributed by atoms with Gasteiger partial charge in [-0.05, 0) is 30.3 Å². The average Bonchev–Trinajstić information content (AvgIpc) is 2.88. The van der Waals surface area contributed by atoms with E-state index in [2.05, 4.69) is 0 Å². The quantitative estimate of drug-likeness (QED) is 0.836. The molecule has 0 unspecified atom stereocenters. The summed E-state index contributed by atoms with van der Waals surface area (Å²) in [5.41, 5.74) is 0.380. The molecule has 0 atom stereocenters. The molecule has 0 fully saturated rings. The fourth-order valence-corrected chi connectivity index (χ4v) is 1.92. The Kier molecular flexibility index (Phi) is 2.90. The first kappa shape index (κ1) is 11.7. The highest BCUT2D eigenvalue weighted by Gasteiger charge is 2.14. The van der Waals surface area contributed by atoms with Crippen molar-refractivity contribution in [3.05, 3.63) is 47.0 Å². The molecule has 3 rings (SSSR count). The van der Waals surface area contributed by atoms with Crippen LogP contribution in [0, 0.1) is 11.3 Å². The predicted molar refractivity (Wildman–Crippen MR) is 68.8 cm³/mol. The summed E-state index contributed by atoms with van der Waals surface area (Å²) in [6.07, 6.45) is 0. The molecule has 1 aliphatic rings. The van der Waals surface area contributed by atoms with Gasteiger partial charge < -0.3 is 14.2 Å². The Bertz CT molecular complexity index is 679. The molecule has 0 amide bonds. The highest BCUT2D eigenvalue weighted by molar-refractivity contribution is 6.30. The van der Waals surface area contributed by atoms with E-state index in [1.807, 2.05) is 6.07 Å². The zero-order valence-corrected chi connectivity index (χ0v) is 10.5. The van der Waals surface area contributed by atoms with Crippen molar-refractivity contribution in [3.8, 4) is 29.1 Å². The maximum atomic E-state index is 9.04. The average molecular weight is 274 g/mol. The Morgan fingerprint density at radius 1 is 1.11 bits per heavy atom. The lowest BCUT2D eigenvalue weighted by molar-refractivity contribution is 0.174. The second-order valence-corrected chi connectivity index (χ2v) is 4.31. The summed E-state index contributed by atoms with van der Waals surface area (Å²) < 4.78 is 16.1. The largest absolute Gasteiger partial charge is 0.456 e. The van der Waals surface area contributed by atoms with E-state index in [0.29, 0.717) is 33.6 Å². The Morgan fingerprint density at radius 3 is 2.79 bits per heavy atom. The fraction of sp³-hybridized carbons (Fsp3) is 0.0714. The maximum absolute atomic E-state index is 9.04. The predicted octanol–water partition coefficient (Wildman–Crippen LogP) is 3.73. The third-order valence-electron chi connectivity index (χ3n) is 2.63. The minimum absolute atomic E-state index is 0.211. The topological polar surface area (TPSA) is 51.5 Å². The first-order chi connectivity index (χ1) is 9.26. The molecule has 0 bridgehead atoms. The van der Waals surface area contributed by atoms with Crippen molar-refractivity contribution in [2.45, 2.75) is 0 Å². The molecule has 1 heterocycles. The number of halogens is 1. The van der Waals surface area contributed by atoms with E-state index < -0.39 is 0 Å². The molecule has 0 N–H and O–H groups in total. The molecular formula is C14H8ClNO3. The molecule has 0 radical (unpaired) electrons. The molecule has 1 aliphatic heterocycles. The Morgan fingerprint density at radius 2 is 1.95 bits per heavy atom. The van der Waals surface area contributed by atoms with Crippen LogP contribution >= 0.6 is 11.6 Å². The minimum Gasteiger partial charge on any atom is -0.456 e. The molecule has 19 heavy (non-hydrogen) atoms. The lowest BCUT2D eigenvalue weighted by Crippen LogP contribution is -1.92. The lowest BCUT2D eigenvalue weighted by Gasteiger charge is -2.08. The molecule has 2 aromatic carbocycles. The van der Waals surface area contributed by atoms with Crippen molar-refractivity contribution in [2.75, 3.05) is 6.79 Å². The van der Waals surface area contributed by atoms with Crippen molar-refractivity contribution in [1.29, 1.82) is 5.26 Å². The zero-order chi connectivity index (χ0) is 13.2. The van der Waals surface area contributed by atoms with Crippen LogP contribution in [-0.4, -0.2) is 6.79 Å². The lowest BCUT2D eigenvalue weighted by atomic mass is 10.2. The van der Waals surface area contributed by atoms with Gasteiger partial charge in [0.15, 0.2) is 11.5 Å². The third-order valence-corrected chi connectivity index (χ3v) is 2.87. The number of ether oxygens (including phenoxy) is 3. The molecule has 0 saturated heterocycles. The fourth-order valence-electron chi connectivity index (χ4n) is 1.75. The first-order valence-electron chi connectivity index (χ1n) is 5.53. The Balaban J connectivity index is 1.92. The molecule has 2 aromatic rings. The van der Waals surface area contributed by atoms with Crippen LogP contribution in [0.3, 0.4) is 0 Å². The van der Waals surface area contributed by atoms with E-state index >= 15 is 0 Å². The van der Waals surface area contributed by atoms with Crippen LogP contribution in [0.25, 0.3) is 0 Å². The van der Waals surface area contributed by atoms with E-state index in [4.69, 9.17) is 31.1 Å². The van der Waals surface area contributed by atoms with Crippen LogP contribution < -0.4 is 14.2 Å². The maximum Gasteiger partial charge on any atom is 0.231 e. The van der Waals surface area contributed by atoms with Gasteiger partial charge in [0.1, 0.15) is 17.6 Å². The van der Waals surface area contributed by atoms with Crippen molar-refractivity contribution in [2.24, 2.45) is 0 Å². The van der Waals surface area contributed by atoms with Gasteiger partial charge in [-0.25, -0.2) is 0 Å². The van der Waals surface area contributed by atoms with Crippen LogP contribution in [0.1, 0.15) is 5.56 Å². The molecule has 4 nitrogen and oxygen atoms in total. The number of rotatable bonds is 2. The SMILES string of the molecule is N#Cc1cc(Cl)ccc1Oc1ccc2c(c1)OCO2. The van der Waals surface area contributed by atoms with Gasteiger partial charge >= 0.3 is 0 Å². The van der Waals surface area contributed by atoms with Crippen LogP contribution in [0.15, 0.2) is 36.4 Å². The molecule has 0 spiro atoms. The van der Waals surface area contributed by atoms with Gasteiger partial charge in [0.05, 0.1) is 5.56 Å². The van der Waals surface area contributed by atoms with E-state index in [1.165, 1.54) is 0 Å². The molecule has 5 heteroatoms. The standard InChI is InChI=1S/C14H8ClNO3/c15-10-1-3-12(9(5-10)7-16)19-11-2-4-13-14(6-11)18-8-17-13/h1-6H,8H2. The second-order valence-electron chi connectivity index (χ2n) is 3.87. The van der Waals surface area contributed by atoms with Crippen molar-refractivity contribution in [1.82, 2.24) is 0 Å². The molecule has 94 valence electrons. The number of hydrogen-bond acceptors (Lipinski definition) is 4. The van der Waals surface area contributed by atoms with E-state index in [9.17, 15) is 0 Å². The highest BCUT2D eigenvalue weighted by atomic mass is 35.5. The Labute approximate surface area is 114 Å². The highest BCUT2D eigenvalue weighted by Crippen LogP contribution is 2.37. The summed E-state index contributed by atoms with van der Waals surface area (Å²) in [5, 5.41) is 9.54. The minimum atomic E-state index is 0.211. The van der Waals surface area contributed by atoms with Gasteiger partial charge in [0.2, 0.25) is 6.79 Å². The van der Waals surface area contributed by atoms with E-state index in [1.54, 1.807) is 36.4 Å². The molecule has 0 saturated carbocycles. The van der Waals surface area contributed by atoms with Gasteiger partial charge in [-0.2, -0.15) is 5.26 Å². The number of nitriles is 1. The van der Waals surface area contributed by atoms with Crippen LogP contribution in [-0.2, 0) is 0 Å². The summed E-state index contributed by atoms with van der Waals surface area (Å²) >= 11 is 5.83. The number of nitrogens with zero attached hydrogens (tertiary/aromatic N) is 1. The number of fused-ring (bicyclic) bond motifs is 1. The first-order valence-corrected chi connectivity index (χ1v) is 5.91. The van der Waals surface area contributed by atoms with Crippen LogP contribution in [0.2, 0.25) is 5.02 Å². The van der Waals surface area contributed by atoms with Crippen LogP contribution in [0.5, 0.6) is 23.0 Å². The molecular weight excluding hydrogens is 266 g/mol. The van der Waals surface area contributed by atoms with E-state index in [-0.39, 0.29) is 6.79 Å². The Hall–Kier alpha value is -2.38. The van der Waals surface area contributed by atoms with Crippen molar-refractivity contribution >= 4 is 11.6 Å². The van der Waals surface area contributed by atoms with Crippen molar-refractivity contribution in [3.63, 3.8) is 0 Å². The summed E-state index contributed by atoms with van der Waals surface area (Å²) in [4.78, 5) is 0. The smallest absolute Gasteiger partial charge is 0.231 e. The second kappa shape index (κ2) is 4.71. The van der Waals surface area contributed by atoms with Crippen LogP contribution in [0.4, 0.5) is 0 Å². The summed E-state index contributed by atoms with van der Waals surface area (Å²) in [7, 11) is 0. The van der Waals surface area contributed by atoms with Gasteiger partial charge in [0.25, 0.3) is 0 Å². The van der Waals surface area contributed by atoms with E-state index in [0.717, 1.165) is 0 Å². The summed E-state index contributed by atoms with van der Waals surface area (Å²) in [6.45, 7) is 0.211. The van der Waals surface area contributed by atoms with Crippen molar-refractivity contribution < 1.29 is 14.2 Å². The molecule has 0 aliphatic carbocycles. The number of benzene rings is 2. The molecule has 0 aromatic heterocycles. The summed E-state index contributed by atoms with van der Waals surface area (Å²) in [6, 6.07) is 12.2. The van der Waals surface area contributed by atoms with Gasteiger partial charge in [-0.3, -0.25) is 0 Å². The van der Waals surface area contributed by atoms with Gasteiger partial charge in [-0.1, -0.05) is 11.6 Å². The van der Waals surface area contributed by atoms with Gasteiger partial charge in [-0.15, -0.1) is 0 Å². The monoisotopic (exact) mass is 273 g/mol. The summed E-state index contributed by atoms with van der Waals surface area (Å²) in [5.74, 6) is 2.34. The third kappa shape index (κ3) is 2.28. The zero-order valence-electron chi connectivity index (χ0n) is 9.72.